The predicted octanol–water partition coefficient (Wildman–Crippen LogP) is 0.0125. The molecule has 3 fully saturated rings. The van der Waals surface area contributed by atoms with Crippen molar-refractivity contribution in [3.05, 3.63) is 46.3 Å². The average Bonchev–Trinajstić information content (AvgIpc) is 3.26. The maximum absolute atomic E-state index is 12.3. The molecule has 0 radical (unpaired) electrons. The molecule has 1 amide bonds. The molecule has 228 valence electrons. The molecule has 11 atom stereocenters. The Labute approximate surface area is 236 Å². The molecule has 3 aliphatic heterocycles. The Bertz CT molecular complexity index is 1020. The number of rotatable bonds is 13. The minimum Gasteiger partial charge on any atom is -0.394 e. The molecule has 15 nitrogen and oxygen atoms in total. The van der Waals surface area contributed by atoms with Crippen LogP contribution in [0, 0.1) is 0 Å². The number of hydrogen-bond acceptors (Lipinski definition) is 12. The average molecular weight is 583 g/mol. The van der Waals surface area contributed by atoms with Crippen LogP contribution in [0.25, 0.3) is 10.4 Å². The number of unbranched alkanes of at least 4 members (excludes halogenated alkanes) is 2. The number of carbonyl (C=O) groups excluding carboxylic acids is 1. The molecular weight excluding hydrogens is 544 g/mol. The molecule has 1 aromatic rings. The lowest BCUT2D eigenvalue weighted by molar-refractivity contribution is -0.362. The molecule has 5 N–H and O–H groups in total. The second-order valence-electron chi connectivity index (χ2n) is 10.1. The van der Waals surface area contributed by atoms with Crippen molar-refractivity contribution >= 4 is 5.91 Å². The Kier molecular flexibility index (Phi) is 11.7. The number of aliphatic hydroxyl groups is 4. The summed E-state index contributed by atoms with van der Waals surface area (Å²) in [6.45, 7) is 1.37. The fourth-order valence-corrected chi connectivity index (χ4v) is 5.11. The second kappa shape index (κ2) is 15.2. The van der Waals surface area contributed by atoms with Gasteiger partial charge in [-0.1, -0.05) is 41.9 Å². The van der Waals surface area contributed by atoms with Gasteiger partial charge in [0.25, 0.3) is 0 Å². The first-order valence-corrected chi connectivity index (χ1v) is 13.7. The Morgan fingerprint density at radius 2 is 1.93 bits per heavy atom. The zero-order valence-corrected chi connectivity index (χ0v) is 22.7. The maximum atomic E-state index is 12.3. The summed E-state index contributed by atoms with van der Waals surface area (Å²) < 4.78 is 36.3. The first-order chi connectivity index (χ1) is 19.8. The molecule has 0 aliphatic carbocycles. The Balaban J connectivity index is 1.55. The fraction of sp³-hybridized carbons (Fsp3) is 0.731. The van der Waals surface area contributed by atoms with E-state index < -0.39 is 80.2 Å². The first kappa shape index (κ1) is 31.5. The van der Waals surface area contributed by atoms with E-state index >= 15 is 0 Å². The highest BCUT2D eigenvalue weighted by Gasteiger charge is 2.55. The lowest BCUT2D eigenvalue weighted by Crippen LogP contribution is -2.68. The molecule has 0 saturated carbocycles. The van der Waals surface area contributed by atoms with Crippen molar-refractivity contribution < 1.29 is 53.6 Å². The van der Waals surface area contributed by atoms with Crippen LogP contribution in [0.5, 0.6) is 0 Å². The largest absolute Gasteiger partial charge is 0.394 e. The number of hydrogen-bond donors (Lipinski definition) is 5. The smallest absolute Gasteiger partial charge is 0.217 e. The van der Waals surface area contributed by atoms with Gasteiger partial charge < -0.3 is 54.2 Å². The second-order valence-corrected chi connectivity index (χ2v) is 10.1. The highest BCUT2D eigenvalue weighted by atomic mass is 16.8. The molecule has 0 bridgehead atoms. The van der Waals surface area contributed by atoms with Crippen molar-refractivity contribution in [3.63, 3.8) is 0 Å². The molecule has 3 heterocycles. The van der Waals surface area contributed by atoms with Crippen LogP contribution in [0.3, 0.4) is 0 Å². The van der Waals surface area contributed by atoms with Crippen LogP contribution in [0.2, 0.25) is 0 Å². The summed E-state index contributed by atoms with van der Waals surface area (Å²) in [5.41, 5.74) is 9.17. The van der Waals surface area contributed by atoms with Gasteiger partial charge in [0.1, 0.15) is 48.8 Å². The van der Waals surface area contributed by atoms with Crippen molar-refractivity contribution in [3.8, 4) is 0 Å². The SMILES string of the molecule is CC(=O)NC1C(OCCCCCN=[N+]=[N-])OC2COC(c3ccccc3)OC2C1O[C@@H]1O[C@@H]([C@H](O)CO)[C@@H](O)C1O. The zero-order valence-electron chi connectivity index (χ0n) is 22.7. The number of azide groups is 1. The Hall–Kier alpha value is -2.40. The Morgan fingerprint density at radius 1 is 1.15 bits per heavy atom. The van der Waals surface area contributed by atoms with Crippen molar-refractivity contribution in [2.24, 2.45) is 5.11 Å². The number of amides is 1. The maximum Gasteiger partial charge on any atom is 0.217 e. The lowest BCUT2D eigenvalue weighted by atomic mass is 9.95. The van der Waals surface area contributed by atoms with Gasteiger partial charge >= 0.3 is 0 Å². The summed E-state index contributed by atoms with van der Waals surface area (Å²) in [7, 11) is 0. The van der Waals surface area contributed by atoms with Gasteiger partial charge in [-0.25, -0.2) is 0 Å². The minimum absolute atomic E-state index is 0.103. The monoisotopic (exact) mass is 582 g/mol. The lowest BCUT2D eigenvalue weighted by Gasteiger charge is -2.49. The van der Waals surface area contributed by atoms with E-state index in [0.29, 0.717) is 19.4 Å². The standard InChI is InChI=1S/C26H38N4O11/c1-14(32)29-18-23(41-26-20(35)19(34)21(39-26)16(33)12-31)22-17(13-37-24(40-22)15-8-4-2-5-9-15)38-25(18)36-11-7-3-6-10-28-30-27/h2,4-5,8-9,16-26,31,33-35H,3,6-7,10-13H2,1H3,(H,29,32)/t16-,17?,18?,19+,20?,21+,22?,23?,24?,25?,26+/m1/s1. The van der Waals surface area contributed by atoms with Crippen molar-refractivity contribution in [1.29, 1.82) is 0 Å². The number of carbonyl (C=O) groups is 1. The number of nitrogens with zero attached hydrogens (tertiary/aromatic N) is 3. The van der Waals surface area contributed by atoms with E-state index in [4.69, 9.17) is 34.0 Å². The molecule has 41 heavy (non-hydrogen) atoms. The van der Waals surface area contributed by atoms with Gasteiger partial charge in [-0.05, 0) is 18.4 Å². The molecule has 4 rings (SSSR count). The van der Waals surface area contributed by atoms with Gasteiger partial charge in [-0.15, -0.1) is 0 Å². The molecule has 15 heteroatoms. The summed E-state index contributed by atoms with van der Waals surface area (Å²) in [6.07, 6.45) is -9.55. The molecular formula is C26H38N4O11. The topological polar surface area (TPSA) is 214 Å². The fourth-order valence-electron chi connectivity index (χ4n) is 5.11. The molecule has 3 aliphatic rings. The van der Waals surface area contributed by atoms with Crippen LogP contribution in [0.1, 0.15) is 38.0 Å². The summed E-state index contributed by atoms with van der Waals surface area (Å²) in [6, 6.07) is 8.29. The number of ether oxygens (including phenoxy) is 6. The van der Waals surface area contributed by atoms with E-state index in [-0.39, 0.29) is 13.2 Å². The van der Waals surface area contributed by atoms with Gasteiger partial charge in [-0.3, -0.25) is 4.79 Å². The highest BCUT2D eigenvalue weighted by Crippen LogP contribution is 2.37. The number of nitrogens with one attached hydrogen (secondary N) is 1. The third kappa shape index (κ3) is 7.91. The molecule has 1 aromatic carbocycles. The zero-order chi connectivity index (χ0) is 29.4. The van der Waals surface area contributed by atoms with E-state index in [2.05, 4.69) is 15.3 Å². The molecule has 7 unspecified atom stereocenters. The van der Waals surface area contributed by atoms with Crippen LogP contribution in [-0.2, 0) is 33.2 Å². The number of fused-ring (bicyclic) bond motifs is 1. The van der Waals surface area contributed by atoms with E-state index in [9.17, 15) is 25.2 Å². The van der Waals surface area contributed by atoms with E-state index in [1.54, 1.807) is 0 Å². The van der Waals surface area contributed by atoms with Crippen LogP contribution in [0.15, 0.2) is 35.4 Å². The molecule has 0 spiro atoms. The summed E-state index contributed by atoms with van der Waals surface area (Å²) in [5.74, 6) is -0.401. The molecule has 0 aromatic heterocycles. The third-order valence-corrected chi connectivity index (χ3v) is 7.14. The van der Waals surface area contributed by atoms with E-state index in [1.165, 1.54) is 6.92 Å². The third-order valence-electron chi connectivity index (χ3n) is 7.14. The number of benzene rings is 1. The normalized spacial score (nSPS) is 35.7. The van der Waals surface area contributed by atoms with Gasteiger partial charge in [0.2, 0.25) is 5.91 Å². The highest BCUT2D eigenvalue weighted by molar-refractivity contribution is 5.73. The van der Waals surface area contributed by atoms with Crippen molar-refractivity contribution in [2.75, 3.05) is 26.4 Å². The first-order valence-electron chi connectivity index (χ1n) is 13.7. The predicted molar refractivity (Wildman–Crippen MR) is 139 cm³/mol. The van der Waals surface area contributed by atoms with Crippen LogP contribution in [0.4, 0.5) is 0 Å². The van der Waals surface area contributed by atoms with Crippen molar-refractivity contribution in [2.45, 2.75) is 93.8 Å². The summed E-state index contributed by atoms with van der Waals surface area (Å²) >= 11 is 0. The molecule has 3 saturated heterocycles. The van der Waals surface area contributed by atoms with Crippen molar-refractivity contribution in [1.82, 2.24) is 5.32 Å². The van der Waals surface area contributed by atoms with Crippen LogP contribution in [-0.4, -0.2) is 114 Å². The summed E-state index contributed by atoms with van der Waals surface area (Å²) in [5, 5.41) is 46.8. The minimum atomic E-state index is -1.57. The van der Waals surface area contributed by atoms with Crippen LogP contribution < -0.4 is 5.32 Å². The van der Waals surface area contributed by atoms with Gasteiger partial charge in [-0.2, -0.15) is 0 Å². The van der Waals surface area contributed by atoms with E-state index in [1.807, 2.05) is 30.3 Å². The van der Waals surface area contributed by atoms with Gasteiger partial charge in [0.15, 0.2) is 18.9 Å². The van der Waals surface area contributed by atoms with Gasteiger partial charge in [0, 0.05) is 30.6 Å². The van der Waals surface area contributed by atoms with Crippen LogP contribution >= 0.6 is 0 Å². The van der Waals surface area contributed by atoms with E-state index in [0.717, 1.165) is 12.0 Å². The Morgan fingerprint density at radius 3 is 2.63 bits per heavy atom. The van der Waals surface area contributed by atoms with Gasteiger partial charge in [0.05, 0.1) is 13.2 Å². The number of aliphatic hydroxyl groups excluding tert-OH is 4. The quantitative estimate of drug-likeness (QED) is 0.0904. The summed E-state index contributed by atoms with van der Waals surface area (Å²) in [4.78, 5) is 15.0.